The van der Waals surface area contributed by atoms with Crippen LogP contribution in [0.15, 0.2) is 23.1 Å². The van der Waals surface area contributed by atoms with Gasteiger partial charge in [0.2, 0.25) is 0 Å². The Balaban J connectivity index is 1.88. The quantitative estimate of drug-likeness (QED) is 0.840. The molecule has 0 aliphatic carbocycles. The maximum absolute atomic E-state index is 6.35. The first-order valence-corrected chi connectivity index (χ1v) is 8.29. The summed E-state index contributed by atoms with van der Waals surface area (Å²) >= 11 is 8.18. The first-order chi connectivity index (χ1) is 9.15. The van der Waals surface area contributed by atoms with E-state index in [9.17, 15) is 0 Å². The zero-order chi connectivity index (χ0) is 13.7. The largest absolute Gasteiger partial charge is 0.314 e. The molecule has 1 aliphatic rings. The van der Waals surface area contributed by atoms with Crippen molar-refractivity contribution in [2.45, 2.75) is 30.4 Å². The van der Waals surface area contributed by atoms with Crippen LogP contribution in [0.2, 0.25) is 5.02 Å². The number of nitrogens with zero attached hydrogens (tertiary/aromatic N) is 1. The highest BCUT2D eigenvalue weighted by atomic mass is 35.5. The molecule has 1 saturated heterocycles. The van der Waals surface area contributed by atoms with Gasteiger partial charge in [0.25, 0.3) is 0 Å². The molecular weight excluding hydrogens is 276 g/mol. The van der Waals surface area contributed by atoms with Crippen molar-refractivity contribution in [2.75, 3.05) is 32.7 Å². The Morgan fingerprint density at radius 1 is 1.32 bits per heavy atom. The second-order valence-corrected chi connectivity index (χ2v) is 7.30. The number of benzene rings is 1. The maximum Gasteiger partial charge on any atom is 0.0544 e. The van der Waals surface area contributed by atoms with Gasteiger partial charge in [-0.3, -0.25) is 0 Å². The lowest BCUT2D eigenvalue weighted by atomic mass is 10.1. The highest BCUT2D eigenvalue weighted by Gasteiger charge is 2.10. The molecule has 1 heterocycles. The predicted octanol–water partition coefficient (Wildman–Crippen LogP) is 3.29. The predicted molar refractivity (Wildman–Crippen MR) is 85.5 cm³/mol. The highest BCUT2D eigenvalue weighted by Crippen LogP contribution is 2.30. The van der Waals surface area contributed by atoms with Crippen LogP contribution in [0.1, 0.15) is 19.4 Å². The molecule has 1 fully saturated rings. The van der Waals surface area contributed by atoms with E-state index in [0.29, 0.717) is 5.25 Å². The SMILES string of the molecule is CC(C)Sc1ccc(CCN2CCNCC2)cc1Cl. The van der Waals surface area contributed by atoms with Crippen LogP contribution in [0, 0.1) is 0 Å². The summed E-state index contributed by atoms with van der Waals surface area (Å²) in [6.07, 6.45) is 1.09. The number of piperazine rings is 1. The molecule has 0 radical (unpaired) electrons. The molecule has 1 N–H and O–H groups in total. The summed E-state index contributed by atoms with van der Waals surface area (Å²) in [6, 6.07) is 6.52. The molecule has 1 aromatic carbocycles. The van der Waals surface area contributed by atoms with E-state index in [1.807, 2.05) is 11.8 Å². The van der Waals surface area contributed by atoms with Crippen molar-refractivity contribution in [3.05, 3.63) is 28.8 Å². The standard InChI is InChI=1S/C15H23ClN2S/c1-12(2)19-15-4-3-13(11-14(15)16)5-8-18-9-6-17-7-10-18/h3-4,11-12,17H,5-10H2,1-2H3. The van der Waals surface area contributed by atoms with Crippen LogP contribution >= 0.6 is 23.4 Å². The molecule has 0 amide bonds. The summed E-state index contributed by atoms with van der Waals surface area (Å²) < 4.78 is 0. The van der Waals surface area contributed by atoms with Crippen LogP contribution in [-0.2, 0) is 6.42 Å². The van der Waals surface area contributed by atoms with Crippen molar-refractivity contribution in [3.63, 3.8) is 0 Å². The molecule has 2 nitrogen and oxygen atoms in total. The molecule has 1 aliphatic heterocycles. The molecule has 0 aromatic heterocycles. The van der Waals surface area contributed by atoms with E-state index < -0.39 is 0 Å². The minimum Gasteiger partial charge on any atom is -0.314 e. The number of hydrogen-bond donors (Lipinski definition) is 1. The number of halogens is 1. The van der Waals surface area contributed by atoms with Gasteiger partial charge in [0, 0.05) is 42.9 Å². The Morgan fingerprint density at radius 2 is 2.05 bits per heavy atom. The normalized spacial score (nSPS) is 17.1. The number of hydrogen-bond acceptors (Lipinski definition) is 3. The maximum atomic E-state index is 6.35. The van der Waals surface area contributed by atoms with Crippen molar-refractivity contribution >= 4 is 23.4 Å². The fourth-order valence-electron chi connectivity index (χ4n) is 2.27. The molecule has 19 heavy (non-hydrogen) atoms. The first kappa shape index (κ1) is 15.2. The van der Waals surface area contributed by atoms with Crippen molar-refractivity contribution in [1.29, 1.82) is 0 Å². The van der Waals surface area contributed by atoms with Crippen LogP contribution in [0.4, 0.5) is 0 Å². The molecule has 0 spiro atoms. The molecule has 0 atom stereocenters. The topological polar surface area (TPSA) is 15.3 Å². The van der Waals surface area contributed by atoms with E-state index in [2.05, 4.69) is 42.3 Å². The lowest BCUT2D eigenvalue weighted by Crippen LogP contribution is -2.44. The second-order valence-electron chi connectivity index (χ2n) is 5.27. The Labute approximate surface area is 125 Å². The van der Waals surface area contributed by atoms with E-state index in [0.717, 1.165) is 44.2 Å². The van der Waals surface area contributed by atoms with Gasteiger partial charge >= 0.3 is 0 Å². The fraction of sp³-hybridized carbons (Fsp3) is 0.600. The van der Waals surface area contributed by atoms with Crippen LogP contribution in [0.25, 0.3) is 0 Å². The van der Waals surface area contributed by atoms with Crippen molar-refractivity contribution in [2.24, 2.45) is 0 Å². The third kappa shape index (κ3) is 4.99. The third-order valence-corrected chi connectivity index (χ3v) is 4.79. The van der Waals surface area contributed by atoms with Gasteiger partial charge in [0.1, 0.15) is 0 Å². The Hall–Kier alpha value is -0.220. The summed E-state index contributed by atoms with van der Waals surface area (Å²) in [7, 11) is 0. The first-order valence-electron chi connectivity index (χ1n) is 7.03. The minimum absolute atomic E-state index is 0.573. The monoisotopic (exact) mass is 298 g/mol. The van der Waals surface area contributed by atoms with Crippen LogP contribution < -0.4 is 5.32 Å². The second kappa shape index (κ2) is 7.53. The van der Waals surface area contributed by atoms with Gasteiger partial charge in [0.05, 0.1) is 5.02 Å². The molecule has 106 valence electrons. The van der Waals surface area contributed by atoms with E-state index in [1.165, 1.54) is 10.5 Å². The molecule has 4 heteroatoms. The molecule has 0 unspecified atom stereocenters. The average molecular weight is 299 g/mol. The zero-order valence-electron chi connectivity index (χ0n) is 11.8. The van der Waals surface area contributed by atoms with Crippen LogP contribution in [-0.4, -0.2) is 42.9 Å². The Kier molecular flexibility index (Phi) is 6.02. The van der Waals surface area contributed by atoms with E-state index in [-0.39, 0.29) is 0 Å². The van der Waals surface area contributed by atoms with Gasteiger partial charge in [0.15, 0.2) is 0 Å². The summed E-state index contributed by atoms with van der Waals surface area (Å²) in [5, 5.41) is 4.85. The molecule has 2 rings (SSSR count). The average Bonchev–Trinajstić information content (AvgIpc) is 2.40. The Morgan fingerprint density at radius 3 is 2.68 bits per heavy atom. The third-order valence-electron chi connectivity index (χ3n) is 3.29. The van der Waals surface area contributed by atoms with Crippen molar-refractivity contribution in [1.82, 2.24) is 10.2 Å². The molecule has 0 bridgehead atoms. The summed E-state index contributed by atoms with van der Waals surface area (Å²) in [4.78, 5) is 3.71. The van der Waals surface area contributed by atoms with Gasteiger partial charge in [-0.05, 0) is 24.1 Å². The number of rotatable bonds is 5. The lowest BCUT2D eigenvalue weighted by Gasteiger charge is -2.27. The van der Waals surface area contributed by atoms with E-state index in [1.54, 1.807) is 0 Å². The van der Waals surface area contributed by atoms with Crippen LogP contribution in [0.5, 0.6) is 0 Å². The molecular formula is C15H23ClN2S. The van der Waals surface area contributed by atoms with Gasteiger partial charge in [-0.25, -0.2) is 0 Å². The van der Waals surface area contributed by atoms with Gasteiger partial charge in [-0.1, -0.05) is 31.5 Å². The van der Waals surface area contributed by atoms with Gasteiger partial charge in [-0.2, -0.15) is 0 Å². The van der Waals surface area contributed by atoms with Crippen LogP contribution in [0.3, 0.4) is 0 Å². The highest BCUT2D eigenvalue weighted by molar-refractivity contribution is 8.00. The van der Waals surface area contributed by atoms with Gasteiger partial charge in [-0.15, -0.1) is 11.8 Å². The summed E-state index contributed by atoms with van der Waals surface area (Å²) in [5.74, 6) is 0. The summed E-state index contributed by atoms with van der Waals surface area (Å²) in [5.41, 5.74) is 1.34. The molecule has 0 saturated carbocycles. The van der Waals surface area contributed by atoms with E-state index in [4.69, 9.17) is 11.6 Å². The van der Waals surface area contributed by atoms with Gasteiger partial charge < -0.3 is 10.2 Å². The smallest absolute Gasteiger partial charge is 0.0544 e. The number of thioether (sulfide) groups is 1. The Bertz CT molecular complexity index is 403. The van der Waals surface area contributed by atoms with Crippen molar-refractivity contribution in [3.8, 4) is 0 Å². The van der Waals surface area contributed by atoms with Crippen molar-refractivity contribution < 1.29 is 0 Å². The summed E-state index contributed by atoms with van der Waals surface area (Å²) in [6.45, 7) is 10.1. The van der Waals surface area contributed by atoms with E-state index >= 15 is 0 Å². The zero-order valence-corrected chi connectivity index (χ0v) is 13.4. The molecule has 1 aromatic rings. The lowest BCUT2D eigenvalue weighted by molar-refractivity contribution is 0.244. The minimum atomic E-state index is 0.573. The number of nitrogens with one attached hydrogen (secondary N) is 1. The fourth-order valence-corrected chi connectivity index (χ4v) is 3.43.